The van der Waals surface area contributed by atoms with Gasteiger partial charge in [0.25, 0.3) is 0 Å². The van der Waals surface area contributed by atoms with Gasteiger partial charge in [-0.25, -0.2) is 0 Å². The molecule has 126 valence electrons. The van der Waals surface area contributed by atoms with E-state index in [-0.39, 0.29) is 34.6 Å². The Bertz CT molecular complexity index is 597. The molecule has 4 heteroatoms. The van der Waals surface area contributed by atoms with Gasteiger partial charge in [-0.15, -0.1) is 0 Å². The van der Waals surface area contributed by atoms with Crippen LogP contribution < -0.4 is 0 Å². The fourth-order valence-corrected chi connectivity index (χ4v) is 6.49. The predicted octanol–water partition coefficient (Wildman–Crippen LogP) is 3.87. The number of hydrogen-bond donors (Lipinski definition) is 0. The molecule has 4 aliphatic rings. The van der Waals surface area contributed by atoms with Crippen molar-refractivity contribution in [1.29, 1.82) is 0 Å². The molecule has 3 saturated carbocycles. The van der Waals surface area contributed by atoms with E-state index >= 15 is 0 Å². The Morgan fingerprint density at radius 3 is 2.52 bits per heavy atom. The number of fused-ring (bicyclic) bond motifs is 5. The standard InChI is InChI=1S/C19H27O3P/c1-18-7-5-12(22-23)9-11(18)10-15(20)17-13-3-4-16(21)19(13,2)8-6-14(17)18/h10,12-14,17H,3-9,23H2,1-2H3/t12-,13-,14-,17-,18-,19-/m0/s1. The molecule has 7 atom stereocenters. The first kappa shape index (κ1) is 16.0. The maximum Gasteiger partial charge on any atom is 0.159 e. The Morgan fingerprint density at radius 1 is 1.09 bits per heavy atom. The summed E-state index contributed by atoms with van der Waals surface area (Å²) in [5.74, 6) is 1.45. The molecular weight excluding hydrogens is 307 g/mol. The van der Waals surface area contributed by atoms with Gasteiger partial charge in [0.05, 0.1) is 6.10 Å². The number of allylic oxidation sites excluding steroid dienone is 1. The topological polar surface area (TPSA) is 43.4 Å². The smallest absolute Gasteiger partial charge is 0.159 e. The second-order valence-electron chi connectivity index (χ2n) is 8.65. The van der Waals surface area contributed by atoms with Gasteiger partial charge in [-0.05, 0) is 61.9 Å². The third-order valence-electron chi connectivity index (χ3n) is 7.80. The third kappa shape index (κ3) is 2.09. The SMILES string of the molecule is C[C@]12CC[C@H](OP)CC1=CC(=O)[C@@H]1[C@@H]2CC[C@]2(C)C(=O)CC[C@@H]12. The molecule has 0 heterocycles. The van der Waals surface area contributed by atoms with Crippen molar-refractivity contribution in [3.8, 4) is 0 Å². The van der Waals surface area contributed by atoms with Crippen LogP contribution in [0.2, 0.25) is 0 Å². The summed E-state index contributed by atoms with van der Waals surface area (Å²) in [7, 11) is 2.38. The normalized spacial score (nSPS) is 49.3. The van der Waals surface area contributed by atoms with Crippen LogP contribution in [0.25, 0.3) is 0 Å². The van der Waals surface area contributed by atoms with Gasteiger partial charge in [0.2, 0.25) is 0 Å². The number of carbonyl (C=O) groups is 2. The van der Waals surface area contributed by atoms with Crippen LogP contribution in [0.5, 0.6) is 0 Å². The predicted molar refractivity (Wildman–Crippen MR) is 91.7 cm³/mol. The second-order valence-corrected chi connectivity index (χ2v) is 8.92. The molecule has 0 aliphatic heterocycles. The van der Waals surface area contributed by atoms with Crippen molar-refractivity contribution >= 4 is 21.0 Å². The van der Waals surface area contributed by atoms with Gasteiger partial charge < -0.3 is 4.52 Å². The fourth-order valence-electron chi connectivity index (χ4n) is 6.26. The van der Waals surface area contributed by atoms with Crippen LogP contribution in [0.4, 0.5) is 0 Å². The van der Waals surface area contributed by atoms with Gasteiger partial charge in [-0.1, -0.05) is 19.4 Å². The van der Waals surface area contributed by atoms with Gasteiger partial charge in [0, 0.05) is 27.2 Å². The zero-order valence-electron chi connectivity index (χ0n) is 14.1. The van der Waals surface area contributed by atoms with Crippen LogP contribution in [0.3, 0.4) is 0 Å². The maximum absolute atomic E-state index is 13.0. The van der Waals surface area contributed by atoms with Gasteiger partial charge >= 0.3 is 0 Å². The Hall–Kier alpha value is -0.530. The van der Waals surface area contributed by atoms with Gasteiger partial charge in [-0.3, -0.25) is 9.59 Å². The van der Waals surface area contributed by atoms with E-state index in [1.54, 1.807) is 0 Å². The van der Waals surface area contributed by atoms with Gasteiger partial charge in [0.15, 0.2) is 5.78 Å². The van der Waals surface area contributed by atoms with E-state index in [4.69, 9.17) is 4.52 Å². The van der Waals surface area contributed by atoms with Crippen molar-refractivity contribution < 1.29 is 14.1 Å². The number of rotatable bonds is 1. The first-order chi connectivity index (χ1) is 10.9. The lowest BCUT2D eigenvalue weighted by Crippen LogP contribution is -2.53. The molecular formula is C19H27O3P. The Morgan fingerprint density at radius 2 is 1.78 bits per heavy atom. The second kappa shape index (κ2) is 5.23. The lowest BCUT2D eigenvalue weighted by molar-refractivity contribution is -0.139. The number of carbonyl (C=O) groups excluding carboxylic acids is 2. The number of hydrogen-bond acceptors (Lipinski definition) is 3. The van der Waals surface area contributed by atoms with Crippen LogP contribution in [0.1, 0.15) is 58.8 Å². The molecule has 3 nitrogen and oxygen atoms in total. The van der Waals surface area contributed by atoms with E-state index in [0.29, 0.717) is 18.1 Å². The van der Waals surface area contributed by atoms with Crippen molar-refractivity contribution in [2.24, 2.45) is 28.6 Å². The van der Waals surface area contributed by atoms with Gasteiger partial charge in [0.1, 0.15) is 5.78 Å². The summed E-state index contributed by atoms with van der Waals surface area (Å²) >= 11 is 0. The molecule has 0 aromatic carbocycles. The molecule has 4 rings (SSSR count). The van der Waals surface area contributed by atoms with Crippen LogP contribution in [-0.4, -0.2) is 17.7 Å². The molecule has 0 aromatic rings. The monoisotopic (exact) mass is 334 g/mol. The maximum atomic E-state index is 13.0. The average Bonchev–Trinajstić information content (AvgIpc) is 2.83. The Labute approximate surface area is 140 Å². The van der Waals surface area contributed by atoms with E-state index in [2.05, 4.69) is 23.3 Å². The zero-order valence-corrected chi connectivity index (χ0v) is 15.3. The molecule has 0 amide bonds. The van der Waals surface area contributed by atoms with E-state index in [1.807, 2.05) is 6.08 Å². The zero-order chi connectivity index (χ0) is 16.4. The molecule has 4 aliphatic carbocycles. The molecule has 0 radical (unpaired) electrons. The largest absolute Gasteiger partial charge is 0.362 e. The number of Topliss-reactive ketones (excluding diaryl/α,β-unsaturated/α-hetero) is 1. The van der Waals surface area contributed by atoms with Crippen LogP contribution >= 0.6 is 9.47 Å². The van der Waals surface area contributed by atoms with E-state index in [0.717, 1.165) is 38.5 Å². The highest BCUT2D eigenvalue weighted by molar-refractivity contribution is 7.09. The highest BCUT2D eigenvalue weighted by atomic mass is 31.0. The first-order valence-corrected chi connectivity index (χ1v) is 9.51. The summed E-state index contributed by atoms with van der Waals surface area (Å²) in [5.41, 5.74) is 1.19. The first-order valence-electron chi connectivity index (χ1n) is 9.04. The highest BCUT2D eigenvalue weighted by Crippen LogP contribution is 2.63. The van der Waals surface area contributed by atoms with Crippen LogP contribution in [0, 0.1) is 28.6 Å². The Balaban J connectivity index is 1.73. The summed E-state index contributed by atoms with van der Waals surface area (Å²) < 4.78 is 5.48. The highest BCUT2D eigenvalue weighted by Gasteiger charge is 2.60. The summed E-state index contributed by atoms with van der Waals surface area (Å²) in [6.45, 7) is 4.48. The molecule has 0 saturated heterocycles. The summed E-state index contributed by atoms with van der Waals surface area (Å²) in [4.78, 5) is 25.4. The minimum atomic E-state index is -0.237. The van der Waals surface area contributed by atoms with Crippen molar-refractivity contribution in [2.45, 2.75) is 64.9 Å². The summed E-state index contributed by atoms with van der Waals surface area (Å²) in [6.07, 6.45) is 8.80. The van der Waals surface area contributed by atoms with Crippen molar-refractivity contribution in [3.63, 3.8) is 0 Å². The average molecular weight is 334 g/mol. The minimum Gasteiger partial charge on any atom is -0.362 e. The van der Waals surface area contributed by atoms with Crippen molar-refractivity contribution in [3.05, 3.63) is 11.6 Å². The van der Waals surface area contributed by atoms with Gasteiger partial charge in [-0.2, -0.15) is 0 Å². The molecule has 0 spiro atoms. The van der Waals surface area contributed by atoms with Crippen LogP contribution in [0.15, 0.2) is 11.6 Å². The quantitative estimate of drug-likeness (QED) is 0.684. The molecule has 0 N–H and O–H groups in total. The molecule has 1 unspecified atom stereocenters. The van der Waals surface area contributed by atoms with Crippen LogP contribution in [-0.2, 0) is 14.1 Å². The number of ketones is 2. The molecule has 0 bridgehead atoms. The lowest BCUT2D eigenvalue weighted by atomic mass is 9.48. The van der Waals surface area contributed by atoms with Crippen molar-refractivity contribution in [2.75, 3.05) is 0 Å². The summed E-state index contributed by atoms with van der Waals surface area (Å²) in [6, 6.07) is 0. The minimum absolute atomic E-state index is 0.0717. The molecule has 3 fully saturated rings. The van der Waals surface area contributed by atoms with Crippen molar-refractivity contribution in [1.82, 2.24) is 0 Å². The molecule has 0 aromatic heterocycles. The lowest BCUT2D eigenvalue weighted by Gasteiger charge is -2.56. The van der Waals surface area contributed by atoms with E-state index in [1.165, 1.54) is 5.57 Å². The Kier molecular flexibility index (Phi) is 3.63. The van der Waals surface area contributed by atoms with E-state index in [9.17, 15) is 9.59 Å². The van der Waals surface area contributed by atoms with E-state index < -0.39 is 0 Å². The fraction of sp³-hybridized carbons (Fsp3) is 0.789. The third-order valence-corrected chi connectivity index (χ3v) is 8.19. The summed E-state index contributed by atoms with van der Waals surface area (Å²) in [5, 5.41) is 0. The molecule has 23 heavy (non-hydrogen) atoms.